The van der Waals surface area contributed by atoms with Crippen LogP contribution in [0.2, 0.25) is 0 Å². The second-order valence-electron chi connectivity index (χ2n) is 7.32. The van der Waals surface area contributed by atoms with Crippen LogP contribution < -0.4 is 10.6 Å². The lowest BCUT2D eigenvalue weighted by Crippen LogP contribution is -2.59. The van der Waals surface area contributed by atoms with Crippen LogP contribution in [0, 0.1) is 5.41 Å². The van der Waals surface area contributed by atoms with Crippen LogP contribution in [0.1, 0.15) is 39.3 Å². The van der Waals surface area contributed by atoms with Crippen molar-refractivity contribution in [3.63, 3.8) is 0 Å². The fourth-order valence-corrected chi connectivity index (χ4v) is 3.31. The molecule has 2 aromatic rings. The van der Waals surface area contributed by atoms with Crippen LogP contribution >= 0.6 is 0 Å². The summed E-state index contributed by atoms with van der Waals surface area (Å²) in [5, 5.41) is 8.03. The minimum atomic E-state index is 0.0498. The summed E-state index contributed by atoms with van der Waals surface area (Å²) >= 11 is 0. The molecule has 0 radical (unpaired) electrons. The number of fused-ring (bicyclic) bond motifs is 1. The molecule has 3 N–H and O–H groups in total. The third-order valence-corrected chi connectivity index (χ3v) is 4.47. The summed E-state index contributed by atoms with van der Waals surface area (Å²) in [6, 6.07) is 11.0. The SMILES string of the molecule is CC(C)(C)[C@@H]1NC(=O)CC[C@H]1NCc1cc2ccccc2[nH]1. The standard InChI is InChI=1S/C18H25N3O/c1-18(2,3)17-15(8-9-16(22)21-17)19-11-13-10-12-6-4-5-7-14(12)20-13/h4-7,10,15,17,19-20H,8-9,11H2,1-3H3,(H,21,22)/t15-,17-/m1/s1. The van der Waals surface area contributed by atoms with Gasteiger partial charge in [0.05, 0.1) is 0 Å². The highest BCUT2D eigenvalue weighted by Crippen LogP contribution is 2.27. The maximum atomic E-state index is 11.7. The molecule has 4 heteroatoms. The van der Waals surface area contributed by atoms with Crippen molar-refractivity contribution in [1.82, 2.24) is 15.6 Å². The van der Waals surface area contributed by atoms with Crippen LogP contribution in [0.15, 0.2) is 30.3 Å². The van der Waals surface area contributed by atoms with Gasteiger partial charge in [-0.3, -0.25) is 4.79 Å². The molecule has 0 spiro atoms. The van der Waals surface area contributed by atoms with E-state index in [0.29, 0.717) is 12.5 Å². The number of piperidine rings is 1. The van der Waals surface area contributed by atoms with Crippen LogP contribution in [0.5, 0.6) is 0 Å². The number of rotatable bonds is 3. The van der Waals surface area contributed by atoms with Crippen LogP contribution in [0.25, 0.3) is 10.9 Å². The lowest BCUT2D eigenvalue weighted by molar-refractivity contribution is -0.125. The van der Waals surface area contributed by atoms with Crippen molar-refractivity contribution in [1.29, 1.82) is 0 Å². The number of hydrogen-bond acceptors (Lipinski definition) is 2. The number of carbonyl (C=O) groups excluding carboxylic acids is 1. The number of aromatic nitrogens is 1. The zero-order chi connectivity index (χ0) is 15.7. The van der Waals surface area contributed by atoms with Crippen molar-refractivity contribution in [3.8, 4) is 0 Å². The number of benzene rings is 1. The largest absolute Gasteiger partial charge is 0.357 e. The summed E-state index contributed by atoms with van der Waals surface area (Å²) in [7, 11) is 0. The molecule has 1 aliphatic rings. The Bertz CT molecular complexity index is 635. The molecule has 0 saturated carbocycles. The number of para-hydroxylation sites is 1. The molecule has 1 aromatic carbocycles. The Labute approximate surface area is 131 Å². The monoisotopic (exact) mass is 299 g/mol. The van der Waals surface area contributed by atoms with Gasteiger partial charge in [0.15, 0.2) is 0 Å². The fraction of sp³-hybridized carbons (Fsp3) is 0.500. The van der Waals surface area contributed by atoms with Crippen LogP contribution in [-0.2, 0) is 11.3 Å². The number of amides is 1. The van der Waals surface area contributed by atoms with Gasteiger partial charge in [-0.05, 0) is 29.4 Å². The molecule has 4 nitrogen and oxygen atoms in total. The molecule has 1 amide bonds. The van der Waals surface area contributed by atoms with Gasteiger partial charge in [0.1, 0.15) is 0 Å². The predicted molar refractivity (Wildman–Crippen MR) is 89.5 cm³/mol. The first-order valence-electron chi connectivity index (χ1n) is 8.03. The average Bonchev–Trinajstić information content (AvgIpc) is 2.87. The number of carbonyl (C=O) groups is 1. The summed E-state index contributed by atoms with van der Waals surface area (Å²) in [4.78, 5) is 15.2. The zero-order valence-corrected chi connectivity index (χ0v) is 13.6. The van der Waals surface area contributed by atoms with Crippen molar-refractivity contribution in [2.75, 3.05) is 0 Å². The Hall–Kier alpha value is -1.81. The van der Waals surface area contributed by atoms with Crippen LogP contribution in [-0.4, -0.2) is 23.0 Å². The summed E-state index contributed by atoms with van der Waals surface area (Å²) in [6.45, 7) is 7.34. The Kier molecular flexibility index (Phi) is 3.96. The van der Waals surface area contributed by atoms with E-state index < -0.39 is 0 Å². The van der Waals surface area contributed by atoms with E-state index in [0.717, 1.165) is 13.0 Å². The van der Waals surface area contributed by atoms with Crippen LogP contribution in [0.3, 0.4) is 0 Å². The molecule has 0 aliphatic carbocycles. The van der Waals surface area contributed by atoms with E-state index >= 15 is 0 Å². The number of nitrogens with one attached hydrogen (secondary N) is 3. The summed E-state index contributed by atoms with van der Waals surface area (Å²) < 4.78 is 0. The quantitative estimate of drug-likeness (QED) is 0.816. The maximum absolute atomic E-state index is 11.7. The molecule has 0 bridgehead atoms. The molecule has 118 valence electrons. The van der Waals surface area contributed by atoms with Crippen molar-refractivity contribution in [3.05, 3.63) is 36.0 Å². The highest BCUT2D eigenvalue weighted by atomic mass is 16.1. The molecule has 22 heavy (non-hydrogen) atoms. The summed E-state index contributed by atoms with van der Waals surface area (Å²) in [6.07, 6.45) is 1.50. The topological polar surface area (TPSA) is 56.9 Å². The lowest BCUT2D eigenvalue weighted by Gasteiger charge is -2.41. The minimum absolute atomic E-state index is 0.0498. The molecule has 0 unspecified atom stereocenters. The summed E-state index contributed by atoms with van der Waals surface area (Å²) in [5.41, 5.74) is 2.41. The van der Waals surface area contributed by atoms with Gasteiger partial charge >= 0.3 is 0 Å². The normalized spacial score (nSPS) is 22.8. The Morgan fingerprint density at radius 2 is 2.05 bits per heavy atom. The molecule has 2 atom stereocenters. The van der Waals surface area contributed by atoms with Crippen molar-refractivity contribution in [2.24, 2.45) is 5.41 Å². The fourth-order valence-electron chi connectivity index (χ4n) is 3.31. The molecule has 1 aromatic heterocycles. The van der Waals surface area contributed by atoms with Gasteiger partial charge in [-0.25, -0.2) is 0 Å². The predicted octanol–water partition coefficient (Wildman–Crippen LogP) is 2.95. The van der Waals surface area contributed by atoms with Gasteiger partial charge in [0.2, 0.25) is 5.91 Å². The molecular formula is C18H25N3O. The first kappa shape index (κ1) is 15.1. The van der Waals surface area contributed by atoms with Crippen molar-refractivity contribution >= 4 is 16.8 Å². The highest BCUT2D eigenvalue weighted by molar-refractivity contribution is 5.80. The molecule has 3 rings (SSSR count). The summed E-state index contributed by atoms with van der Waals surface area (Å²) in [5.74, 6) is 0.170. The highest BCUT2D eigenvalue weighted by Gasteiger charge is 2.36. The first-order chi connectivity index (χ1) is 10.4. The molecular weight excluding hydrogens is 274 g/mol. The van der Waals surface area contributed by atoms with Crippen molar-refractivity contribution in [2.45, 2.75) is 52.2 Å². The molecule has 1 fully saturated rings. The van der Waals surface area contributed by atoms with E-state index in [9.17, 15) is 4.79 Å². The van der Waals surface area contributed by atoms with Gasteiger partial charge in [-0.15, -0.1) is 0 Å². The third kappa shape index (κ3) is 3.17. The third-order valence-electron chi connectivity index (χ3n) is 4.47. The van der Waals surface area contributed by atoms with E-state index in [2.05, 4.69) is 60.7 Å². The second kappa shape index (κ2) is 5.76. The van der Waals surface area contributed by atoms with E-state index in [4.69, 9.17) is 0 Å². The number of hydrogen-bond donors (Lipinski definition) is 3. The van der Waals surface area contributed by atoms with E-state index in [1.807, 2.05) is 6.07 Å². The maximum Gasteiger partial charge on any atom is 0.220 e. The smallest absolute Gasteiger partial charge is 0.220 e. The molecule has 1 saturated heterocycles. The number of aromatic amines is 1. The Morgan fingerprint density at radius 3 is 2.77 bits per heavy atom. The second-order valence-corrected chi connectivity index (χ2v) is 7.32. The average molecular weight is 299 g/mol. The number of H-pyrrole nitrogens is 1. The molecule has 1 aliphatic heterocycles. The lowest BCUT2D eigenvalue weighted by atomic mass is 9.79. The minimum Gasteiger partial charge on any atom is -0.357 e. The first-order valence-corrected chi connectivity index (χ1v) is 8.03. The van der Waals surface area contributed by atoms with Gasteiger partial charge in [-0.2, -0.15) is 0 Å². The van der Waals surface area contributed by atoms with E-state index in [-0.39, 0.29) is 17.4 Å². The van der Waals surface area contributed by atoms with Gasteiger partial charge in [-0.1, -0.05) is 39.0 Å². The van der Waals surface area contributed by atoms with Gasteiger partial charge in [0.25, 0.3) is 0 Å². The Balaban J connectivity index is 1.70. The molecule has 2 heterocycles. The van der Waals surface area contributed by atoms with E-state index in [1.54, 1.807) is 0 Å². The van der Waals surface area contributed by atoms with Gasteiger partial charge < -0.3 is 15.6 Å². The zero-order valence-electron chi connectivity index (χ0n) is 13.6. The van der Waals surface area contributed by atoms with Crippen LogP contribution in [0.4, 0.5) is 0 Å². The van der Waals surface area contributed by atoms with E-state index in [1.165, 1.54) is 16.6 Å². The van der Waals surface area contributed by atoms with Gasteiger partial charge in [0, 0.05) is 36.3 Å². The Morgan fingerprint density at radius 1 is 1.27 bits per heavy atom. The van der Waals surface area contributed by atoms with Crippen molar-refractivity contribution < 1.29 is 4.79 Å².